The van der Waals surface area contributed by atoms with Crippen LogP contribution in [0.5, 0.6) is 0 Å². The summed E-state index contributed by atoms with van der Waals surface area (Å²) in [7, 11) is 0. The molecule has 1 unspecified atom stereocenters. The zero-order chi connectivity index (χ0) is 13.4. The Labute approximate surface area is 110 Å². The third kappa shape index (κ3) is 3.16. The van der Waals surface area contributed by atoms with Crippen LogP contribution in [-0.4, -0.2) is 41.3 Å². The first-order valence-corrected chi connectivity index (χ1v) is 7.05. The molecule has 1 aliphatic heterocycles. The molecule has 1 saturated heterocycles. The van der Waals surface area contributed by atoms with Crippen molar-refractivity contribution < 1.29 is 9.53 Å². The summed E-state index contributed by atoms with van der Waals surface area (Å²) in [4.78, 5) is 14.1. The van der Waals surface area contributed by atoms with Crippen LogP contribution in [0, 0.1) is 0 Å². The second-order valence-electron chi connectivity index (χ2n) is 6.89. The van der Waals surface area contributed by atoms with E-state index in [4.69, 9.17) is 4.74 Å². The fourth-order valence-electron chi connectivity index (χ4n) is 3.19. The standard InChI is InChI=1S/C14H26N2O2/c1-11-9-16(12(17)18-13(2,3)4)10-14(15-11)7-5-6-8-14/h11,15H,5-10H2,1-4H3. The molecule has 1 spiro atoms. The molecule has 0 aromatic heterocycles. The van der Waals surface area contributed by atoms with Gasteiger partial charge in [0.15, 0.2) is 0 Å². The summed E-state index contributed by atoms with van der Waals surface area (Å²) in [6, 6.07) is 0.351. The van der Waals surface area contributed by atoms with Gasteiger partial charge in [0.1, 0.15) is 5.60 Å². The van der Waals surface area contributed by atoms with Crippen LogP contribution in [0.4, 0.5) is 4.79 Å². The minimum atomic E-state index is -0.409. The van der Waals surface area contributed by atoms with Crippen molar-refractivity contribution in [1.82, 2.24) is 10.2 Å². The highest BCUT2D eigenvalue weighted by Gasteiger charge is 2.42. The topological polar surface area (TPSA) is 41.6 Å². The highest BCUT2D eigenvalue weighted by Crippen LogP contribution is 2.33. The van der Waals surface area contributed by atoms with Gasteiger partial charge in [-0.1, -0.05) is 12.8 Å². The van der Waals surface area contributed by atoms with Crippen LogP contribution in [0.1, 0.15) is 53.4 Å². The molecule has 0 radical (unpaired) electrons. The fraction of sp³-hybridized carbons (Fsp3) is 0.929. The second-order valence-corrected chi connectivity index (χ2v) is 6.89. The molecule has 104 valence electrons. The van der Waals surface area contributed by atoms with Gasteiger partial charge in [0, 0.05) is 24.7 Å². The first kappa shape index (κ1) is 13.7. The second kappa shape index (κ2) is 4.72. The molecule has 2 fully saturated rings. The molecular weight excluding hydrogens is 228 g/mol. The first-order chi connectivity index (χ1) is 8.30. The number of carbonyl (C=O) groups excluding carboxylic acids is 1. The van der Waals surface area contributed by atoms with Gasteiger partial charge in [-0.2, -0.15) is 0 Å². The van der Waals surface area contributed by atoms with E-state index in [2.05, 4.69) is 12.2 Å². The van der Waals surface area contributed by atoms with E-state index in [-0.39, 0.29) is 11.6 Å². The average molecular weight is 254 g/mol. The van der Waals surface area contributed by atoms with Crippen molar-refractivity contribution in [2.75, 3.05) is 13.1 Å². The van der Waals surface area contributed by atoms with Gasteiger partial charge in [-0.05, 0) is 40.5 Å². The Morgan fingerprint density at radius 3 is 2.50 bits per heavy atom. The molecule has 2 rings (SSSR count). The van der Waals surface area contributed by atoms with Gasteiger partial charge in [-0.25, -0.2) is 4.79 Å². The summed E-state index contributed by atoms with van der Waals surface area (Å²) in [6.07, 6.45) is 4.72. The lowest BCUT2D eigenvalue weighted by Gasteiger charge is -2.44. The Kier molecular flexibility index (Phi) is 3.58. The van der Waals surface area contributed by atoms with Crippen LogP contribution in [-0.2, 0) is 4.74 Å². The molecule has 1 amide bonds. The summed E-state index contributed by atoms with van der Waals surface area (Å²) < 4.78 is 5.49. The van der Waals surface area contributed by atoms with Crippen LogP contribution < -0.4 is 5.32 Å². The number of rotatable bonds is 0. The number of carbonyl (C=O) groups is 1. The van der Waals surface area contributed by atoms with Crippen molar-refractivity contribution >= 4 is 6.09 Å². The number of hydrogen-bond donors (Lipinski definition) is 1. The molecule has 1 atom stereocenters. The number of piperazine rings is 1. The predicted molar refractivity (Wildman–Crippen MR) is 71.6 cm³/mol. The summed E-state index contributed by atoms with van der Waals surface area (Å²) in [5.74, 6) is 0. The molecule has 18 heavy (non-hydrogen) atoms. The largest absolute Gasteiger partial charge is 0.444 e. The Bertz CT molecular complexity index is 316. The van der Waals surface area contributed by atoms with Gasteiger partial charge in [-0.15, -0.1) is 0 Å². The predicted octanol–water partition coefficient (Wildman–Crippen LogP) is 2.53. The number of hydrogen-bond acceptors (Lipinski definition) is 3. The third-order valence-corrected chi connectivity index (χ3v) is 3.75. The van der Waals surface area contributed by atoms with Gasteiger partial charge in [-0.3, -0.25) is 0 Å². The maximum Gasteiger partial charge on any atom is 0.410 e. The average Bonchev–Trinajstić information content (AvgIpc) is 2.62. The van der Waals surface area contributed by atoms with Crippen LogP contribution >= 0.6 is 0 Å². The highest BCUT2D eigenvalue weighted by molar-refractivity contribution is 5.68. The molecule has 0 aromatic carbocycles. The van der Waals surface area contributed by atoms with E-state index in [0.717, 1.165) is 13.1 Å². The van der Waals surface area contributed by atoms with Crippen LogP contribution in [0.25, 0.3) is 0 Å². The number of nitrogens with one attached hydrogen (secondary N) is 1. The highest BCUT2D eigenvalue weighted by atomic mass is 16.6. The number of amides is 1. The lowest BCUT2D eigenvalue weighted by atomic mass is 9.92. The number of ether oxygens (including phenoxy) is 1. The van der Waals surface area contributed by atoms with Gasteiger partial charge in [0.05, 0.1) is 0 Å². The van der Waals surface area contributed by atoms with E-state index in [9.17, 15) is 4.79 Å². The van der Waals surface area contributed by atoms with Gasteiger partial charge in [0.25, 0.3) is 0 Å². The Balaban J connectivity index is 2.02. The first-order valence-electron chi connectivity index (χ1n) is 7.05. The lowest BCUT2D eigenvalue weighted by molar-refractivity contribution is 0.00734. The molecule has 1 aliphatic carbocycles. The third-order valence-electron chi connectivity index (χ3n) is 3.75. The Morgan fingerprint density at radius 2 is 1.94 bits per heavy atom. The van der Waals surface area contributed by atoms with Crippen molar-refractivity contribution in [3.8, 4) is 0 Å². The van der Waals surface area contributed by atoms with Crippen LogP contribution in [0.3, 0.4) is 0 Å². The molecule has 1 heterocycles. The van der Waals surface area contributed by atoms with E-state index in [1.807, 2.05) is 25.7 Å². The van der Waals surface area contributed by atoms with Crippen LogP contribution in [0.15, 0.2) is 0 Å². The molecule has 1 N–H and O–H groups in total. The summed E-state index contributed by atoms with van der Waals surface area (Å²) >= 11 is 0. The lowest BCUT2D eigenvalue weighted by Crippen LogP contribution is -2.64. The van der Waals surface area contributed by atoms with Gasteiger partial charge >= 0.3 is 6.09 Å². The molecule has 0 bridgehead atoms. The maximum atomic E-state index is 12.2. The zero-order valence-corrected chi connectivity index (χ0v) is 12.1. The molecular formula is C14H26N2O2. The normalized spacial score (nSPS) is 27.6. The van der Waals surface area contributed by atoms with E-state index in [0.29, 0.717) is 6.04 Å². The molecule has 2 aliphatic rings. The SMILES string of the molecule is CC1CN(C(=O)OC(C)(C)C)CC2(CCCC2)N1. The smallest absolute Gasteiger partial charge is 0.410 e. The van der Waals surface area contributed by atoms with Crippen molar-refractivity contribution in [2.24, 2.45) is 0 Å². The van der Waals surface area contributed by atoms with Crippen molar-refractivity contribution in [3.05, 3.63) is 0 Å². The minimum Gasteiger partial charge on any atom is -0.444 e. The molecule has 4 nitrogen and oxygen atoms in total. The van der Waals surface area contributed by atoms with Gasteiger partial charge in [0.2, 0.25) is 0 Å². The van der Waals surface area contributed by atoms with Crippen molar-refractivity contribution in [3.63, 3.8) is 0 Å². The Morgan fingerprint density at radius 1 is 1.33 bits per heavy atom. The summed E-state index contributed by atoms with van der Waals surface area (Å²) in [5, 5.41) is 3.69. The molecule has 1 saturated carbocycles. The van der Waals surface area contributed by atoms with Crippen LogP contribution in [0.2, 0.25) is 0 Å². The summed E-state index contributed by atoms with van der Waals surface area (Å²) in [6.45, 7) is 9.45. The summed E-state index contributed by atoms with van der Waals surface area (Å²) in [5.41, 5.74) is -0.261. The quantitative estimate of drug-likeness (QED) is 0.722. The zero-order valence-electron chi connectivity index (χ0n) is 12.1. The minimum absolute atomic E-state index is 0.147. The fourth-order valence-corrected chi connectivity index (χ4v) is 3.19. The van der Waals surface area contributed by atoms with Crippen molar-refractivity contribution in [2.45, 2.75) is 70.6 Å². The maximum absolute atomic E-state index is 12.2. The van der Waals surface area contributed by atoms with E-state index >= 15 is 0 Å². The molecule has 0 aromatic rings. The van der Waals surface area contributed by atoms with E-state index in [1.54, 1.807) is 0 Å². The molecule has 4 heteroatoms. The van der Waals surface area contributed by atoms with Gasteiger partial charge < -0.3 is 15.0 Å². The monoisotopic (exact) mass is 254 g/mol. The van der Waals surface area contributed by atoms with E-state index < -0.39 is 5.60 Å². The number of nitrogens with zero attached hydrogens (tertiary/aromatic N) is 1. The van der Waals surface area contributed by atoms with E-state index in [1.165, 1.54) is 25.7 Å². The Hall–Kier alpha value is -0.770. The van der Waals surface area contributed by atoms with Crippen molar-refractivity contribution in [1.29, 1.82) is 0 Å².